The van der Waals surface area contributed by atoms with E-state index in [1.54, 1.807) is 13.1 Å². The van der Waals surface area contributed by atoms with Crippen molar-refractivity contribution >= 4 is 17.4 Å². The molecule has 0 bridgehead atoms. The van der Waals surface area contributed by atoms with Crippen LogP contribution >= 0.6 is 11.6 Å². The fourth-order valence-corrected chi connectivity index (χ4v) is 3.27. The standard InChI is InChI=1S/C12H13F3N2.C8H10.C7H8ClN.C5H12.C2H6/c1-3-11(16-2)17-8-9-6-4-5-7-10(9)12(13,14)15;1-7-5-3-4-6-8(7)2;8-7-4-2-1-3-6(7)5-9;1-3-5-4-2;1-2/h3-7H,1,8H2,2H3,(H,16,17);3-6H,1-2H3;1-4H,5,9H2;3-5H2,1-2H3;1-2H3. The topological polar surface area (TPSA) is 50.4 Å². The highest BCUT2D eigenvalue weighted by Crippen LogP contribution is 2.31. The minimum absolute atomic E-state index is 0.0639. The zero-order valence-electron chi connectivity index (χ0n) is 25.8. The molecule has 0 unspecified atom stereocenters. The highest BCUT2D eigenvalue weighted by molar-refractivity contribution is 6.31. The number of aliphatic imine (C=N–C) groups is 1. The molecular weight excluding hydrogens is 543 g/mol. The smallest absolute Gasteiger partial charge is 0.366 e. The number of amidine groups is 1. The molecule has 3 aromatic carbocycles. The Hall–Kier alpha value is -3.09. The second kappa shape index (κ2) is 24.7. The Kier molecular flexibility index (Phi) is 24.1. The van der Waals surface area contributed by atoms with Crippen molar-refractivity contribution in [3.8, 4) is 0 Å². The van der Waals surface area contributed by atoms with Crippen molar-refractivity contribution in [1.82, 2.24) is 5.32 Å². The Bertz CT molecular complexity index is 1090. The van der Waals surface area contributed by atoms with Gasteiger partial charge in [-0.3, -0.25) is 4.99 Å². The number of nitrogens with one attached hydrogen (secondary N) is 1. The van der Waals surface area contributed by atoms with Crippen molar-refractivity contribution < 1.29 is 13.2 Å². The highest BCUT2D eigenvalue weighted by atomic mass is 35.5. The third-order valence-electron chi connectivity index (χ3n) is 5.53. The maximum Gasteiger partial charge on any atom is 0.416 e. The van der Waals surface area contributed by atoms with Gasteiger partial charge in [0, 0.05) is 25.2 Å². The van der Waals surface area contributed by atoms with E-state index in [0.29, 0.717) is 12.4 Å². The number of hydrogen-bond acceptors (Lipinski definition) is 2. The number of nitrogens with two attached hydrogens (primary N) is 1. The van der Waals surface area contributed by atoms with Gasteiger partial charge in [0.2, 0.25) is 0 Å². The lowest BCUT2D eigenvalue weighted by molar-refractivity contribution is -0.138. The van der Waals surface area contributed by atoms with Crippen LogP contribution in [0.4, 0.5) is 13.2 Å². The van der Waals surface area contributed by atoms with Crippen molar-refractivity contribution in [3.05, 3.63) is 118 Å². The van der Waals surface area contributed by atoms with Crippen molar-refractivity contribution in [2.24, 2.45) is 10.7 Å². The largest absolute Gasteiger partial charge is 0.416 e. The first-order valence-corrected chi connectivity index (χ1v) is 14.4. The SMILES string of the molecule is C=CC(=NC)NCc1ccccc1C(F)(F)F.CC.CCCCC.Cc1ccccc1C.NCc1ccccc1Cl. The van der Waals surface area contributed by atoms with E-state index in [1.165, 1.54) is 48.6 Å². The van der Waals surface area contributed by atoms with Crippen molar-refractivity contribution in [1.29, 1.82) is 0 Å². The number of halogens is 4. The Balaban J connectivity index is 0. The van der Waals surface area contributed by atoms with Crippen LogP contribution in [0.1, 0.15) is 74.8 Å². The van der Waals surface area contributed by atoms with Gasteiger partial charge in [-0.15, -0.1) is 0 Å². The lowest BCUT2D eigenvalue weighted by Crippen LogP contribution is -2.22. The van der Waals surface area contributed by atoms with Gasteiger partial charge in [0.1, 0.15) is 5.84 Å². The van der Waals surface area contributed by atoms with Crippen LogP contribution in [0.2, 0.25) is 5.02 Å². The van der Waals surface area contributed by atoms with Crippen LogP contribution in [-0.2, 0) is 19.3 Å². The Morgan fingerprint density at radius 2 is 1.34 bits per heavy atom. The molecule has 3 N–H and O–H groups in total. The van der Waals surface area contributed by atoms with E-state index < -0.39 is 11.7 Å². The molecule has 0 atom stereocenters. The van der Waals surface area contributed by atoms with Crippen molar-refractivity contribution in [2.75, 3.05) is 7.05 Å². The summed E-state index contributed by atoms with van der Waals surface area (Å²) in [5.74, 6) is 0.460. The van der Waals surface area contributed by atoms with Crippen LogP contribution in [0.15, 0.2) is 90.4 Å². The van der Waals surface area contributed by atoms with E-state index in [1.807, 2.05) is 38.1 Å². The van der Waals surface area contributed by atoms with Crippen LogP contribution in [0, 0.1) is 13.8 Å². The Morgan fingerprint density at radius 1 is 0.878 bits per heavy atom. The highest BCUT2D eigenvalue weighted by Gasteiger charge is 2.32. The van der Waals surface area contributed by atoms with Gasteiger partial charge in [0.15, 0.2) is 0 Å². The Labute approximate surface area is 251 Å². The lowest BCUT2D eigenvalue weighted by Gasteiger charge is -2.13. The van der Waals surface area contributed by atoms with E-state index in [-0.39, 0.29) is 12.1 Å². The van der Waals surface area contributed by atoms with E-state index in [9.17, 15) is 13.2 Å². The first kappa shape index (κ1) is 40.1. The van der Waals surface area contributed by atoms with Gasteiger partial charge >= 0.3 is 6.18 Å². The fraction of sp³-hybridized carbons (Fsp3) is 0.382. The molecule has 0 amide bonds. The minimum Gasteiger partial charge on any atom is -0.366 e. The molecule has 0 radical (unpaired) electrons. The summed E-state index contributed by atoms with van der Waals surface area (Å²) < 4.78 is 38.0. The summed E-state index contributed by atoms with van der Waals surface area (Å²) in [5, 5.41) is 3.53. The predicted octanol–water partition coefficient (Wildman–Crippen LogP) is 10.3. The molecule has 0 aliphatic heterocycles. The second-order valence-electron chi connectivity index (χ2n) is 8.55. The second-order valence-corrected chi connectivity index (χ2v) is 8.96. The molecule has 3 nitrogen and oxygen atoms in total. The zero-order valence-corrected chi connectivity index (χ0v) is 26.5. The van der Waals surface area contributed by atoms with Gasteiger partial charge in [-0.2, -0.15) is 13.2 Å². The molecule has 0 fully saturated rings. The molecule has 0 heterocycles. The summed E-state index contributed by atoms with van der Waals surface area (Å²) in [5.41, 5.74) is 8.65. The van der Waals surface area contributed by atoms with Gasteiger partial charge in [0.25, 0.3) is 0 Å². The number of rotatable bonds is 6. The summed E-state index contributed by atoms with van der Waals surface area (Å²) >= 11 is 5.74. The van der Waals surface area contributed by atoms with E-state index in [2.05, 4.69) is 68.8 Å². The van der Waals surface area contributed by atoms with Crippen LogP contribution in [0.3, 0.4) is 0 Å². The van der Waals surface area contributed by atoms with Gasteiger partial charge in [0.05, 0.1) is 5.56 Å². The number of aryl methyl sites for hydroxylation is 2. The van der Waals surface area contributed by atoms with E-state index >= 15 is 0 Å². The number of benzene rings is 3. The number of unbranched alkanes of at least 4 members (excludes halogenated alkanes) is 2. The first-order valence-electron chi connectivity index (χ1n) is 14.0. The molecule has 7 heteroatoms. The van der Waals surface area contributed by atoms with Crippen LogP contribution < -0.4 is 11.1 Å². The van der Waals surface area contributed by atoms with Crippen LogP contribution in [-0.4, -0.2) is 12.9 Å². The number of nitrogens with zero attached hydrogens (tertiary/aromatic N) is 1. The fourth-order valence-electron chi connectivity index (χ4n) is 3.06. The Morgan fingerprint density at radius 3 is 1.68 bits per heavy atom. The van der Waals surface area contributed by atoms with E-state index in [4.69, 9.17) is 17.3 Å². The average molecular weight is 592 g/mol. The summed E-state index contributed by atoms with van der Waals surface area (Å²) in [6, 6.07) is 21.4. The summed E-state index contributed by atoms with van der Waals surface area (Å²) in [6.45, 7) is 16.7. The predicted molar refractivity (Wildman–Crippen MR) is 174 cm³/mol. The molecule has 3 rings (SSSR count). The lowest BCUT2D eigenvalue weighted by atomic mass is 10.1. The van der Waals surface area contributed by atoms with Crippen LogP contribution in [0.5, 0.6) is 0 Å². The molecule has 0 saturated carbocycles. The molecule has 0 saturated heterocycles. The van der Waals surface area contributed by atoms with Gasteiger partial charge in [-0.25, -0.2) is 0 Å². The maximum atomic E-state index is 12.7. The molecular formula is C34H49ClF3N3. The summed E-state index contributed by atoms with van der Waals surface area (Å²) in [4.78, 5) is 3.82. The van der Waals surface area contributed by atoms with Gasteiger partial charge < -0.3 is 11.1 Å². The van der Waals surface area contributed by atoms with E-state index in [0.717, 1.165) is 16.7 Å². The molecule has 41 heavy (non-hydrogen) atoms. The average Bonchev–Trinajstić information content (AvgIpc) is 2.98. The third kappa shape index (κ3) is 18.8. The molecule has 0 aromatic heterocycles. The third-order valence-corrected chi connectivity index (χ3v) is 5.90. The van der Waals surface area contributed by atoms with Gasteiger partial charge in [-0.1, -0.05) is 126 Å². The maximum absolute atomic E-state index is 12.7. The summed E-state index contributed by atoms with van der Waals surface area (Å²) in [7, 11) is 1.54. The normalized spacial score (nSPS) is 10.2. The first-order chi connectivity index (χ1) is 19.5. The van der Waals surface area contributed by atoms with Crippen LogP contribution in [0.25, 0.3) is 0 Å². The summed E-state index contributed by atoms with van der Waals surface area (Å²) in [6.07, 6.45) is 1.19. The van der Waals surface area contributed by atoms with Crippen molar-refractivity contribution in [3.63, 3.8) is 0 Å². The minimum atomic E-state index is -4.34. The monoisotopic (exact) mass is 591 g/mol. The molecule has 0 spiro atoms. The molecule has 3 aromatic rings. The molecule has 0 aliphatic carbocycles. The quantitative estimate of drug-likeness (QED) is 0.221. The van der Waals surface area contributed by atoms with Gasteiger partial charge in [-0.05, 0) is 54.3 Å². The molecule has 0 aliphatic rings. The molecule has 228 valence electrons. The number of alkyl halides is 3. The van der Waals surface area contributed by atoms with Crippen molar-refractivity contribution in [2.45, 2.75) is 80.1 Å². The number of hydrogen-bond donors (Lipinski definition) is 2. The zero-order chi connectivity index (χ0) is 31.7.